The Labute approximate surface area is 107 Å². The maximum absolute atomic E-state index is 11.1. The van der Waals surface area contributed by atoms with Crippen LogP contribution in [0.4, 0.5) is 0 Å². The van der Waals surface area contributed by atoms with Crippen molar-refractivity contribution in [3.05, 3.63) is 9.52 Å². The third kappa shape index (κ3) is 1.58. The SMILES string of the molecule is CC1(C)[C@@H](C(=O)Cl)[C@]1(Cl)C(Cl)=C(Cl)Cl. The van der Waals surface area contributed by atoms with Crippen molar-refractivity contribution in [1.82, 2.24) is 0 Å². The number of alkyl halides is 1. The Morgan fingerprint density at radius 3 is 1.79 bits per heavy atom. The number of carbonyl (C=O) groups excluding carboxylic acids is 1. The van der Waals surface area contributed by atoms with Crippen molar-refractivity contribution in [3.8, 4) is 0 Å². The van der Waals surface area contributed by atoms with Gasteiger partial charge in [0.05, 0.1) is 15.8 Å². The average Bonchev–Trinajstić information content (AvgIpc) is 2.45. The Balaban J connectivity index is 3.13. The molecule has 0 bridgehead atoms. The fourth-order valence-electron chi connectivity index (χ4n) is 1.70. The number of allylic oxidation sites excluding steroid dienone is 1. The number of hydrogen-bond donors (Lipinski definition) is 0. The monoisotopic (exact) mass is 294 g/mol. The summed E-state index contributed by atoms with van der Waals surface area (Å²) in [7, 11) is 0. The van der Waals surface area contributed by atoms with Gasteiger partial charge in [0.25, 0.3) is 0 Å². The van der Waals surface area contributed by atoms with Gasteiger partial charge in [0, 0.05) is 5.41 Å². The molecule has 0 unspecified atom stereocenters. The smallest absolute Gasteiger partial charge is 0.227 e. The zero-order valence-electron chi connectivity index (χ0n) is 7.38. The van der Waals surface area contributed by atoms with Gasteiger partial charge in [0.1, 0.15) is 4.49 Å². The van der Waals surface area contributed by atoms with Crippen LogP contribution in [0.2, 0.25) is 0 Å². The summed E-state index contributed by atoms with van der Waals surface area (Å²) in [5, 5.41) is -0.454. The minimum Gasteiger partial charge on any atom is -0.281 e. The first-order valence-electron chi connectivity index (χ1n) is 3.77. The maximum Gasteiger partial charge on any atom is 0.227 e. The van der Waals surface area contributed by atoms with Crippen LogP contribution in [0.25, 0.3) is 0 Å². The van der Waals surface area contributed by atoms with E-state index in [-0.39, 0.29) is 9.52 Å². The average molecular weight is 296 g/mol. The van der Waals surface area contributed by atoms with Gasteiger partial charge in [0.15, 0.2) is 0 Å². The van der Waals surface area contributed by atoms with Crippen LogP contribution in [0, 0.1) is 11.3 Å². The van der Waals surface area contributed by atoms with Gasteiger partial charge in [-0.2, -0.15) is 0 Å². The molecule has 1 nitrogen and oxygen atoms in total. The second-order valence-corrected chi connectivity index (χ2v) is 6.04. The Hall–Kier alpha value is 0.860. The normalized spacial score (nSPS) is 33.8. The molecule has 0 aliphatic heterocycles. The van der Waals surface area contributed by atoms with Crippen LogP contribution >= 0.6 is 58.0 Å². The van der Waals surface area contributed by atoms with E-state index in [0.717, 1.165) is 0 Å². The Morgan fingerprint density at radius 2 is 1.57 bits per heavy atom. The van der Waals surface area contributed by atoms with Crippen LogP contribution < -0.4 is 0 Å². The van der Waals surface area contributed by atoms with E-state index in [4.69, 9.17) is 58.0 Å². The summed E-state index contributed by atoms with van der Waals surface area (Å²) in [5.41, 5.74) is -0.528. The van der Waals surface area contributed by atoms with Gasteiger partial charge in [-0.25, -0.2) is 0 Å². The molecule has 80 valence electrons. The molecule has 0 spiro atoms. The lowest BCUT2D eigenvalue weighted by Crippen LogP contribution is -2.10. The van der Waals surface area contributed by atoms with E-state index in [1.165, 1.54) is 0 Å². The fraction of sp³-hybridized carbons (Fsp3) is 0.625. The number of rotatable bonds is 2. The quantitative estimate of drug-likeness (QED) is 0.549. The summed E-state index contributed by atoms with van der Waals surface area (Å²) in [4.78, 5) is 10.0. The maximum atomic E-state index is 11.1. The van der Waals surface area contributed by atoms with E-state index < -0.39 is 21.4 Å². The van der Waals surface area contributed by atoms with Crippen LogP contribution in [0.3, 0.4) is 0 Å². The third-order valence-corrected chi connectivity index (χ3v) is 4.95. The molecule has 2 atom stereocenters. The number of hydrogen-bond acceptors (Lipinski definition) is 1. The van der Waals surface area contributed by atoms with E-state index in [1.807, 2.05) is 0 Å². The van der Waals surface area contributed by atoms with Gasteiger partial charge in [-0.1, -0.05) is 48.7 Å². The molecule has 0 heterocycles. The van der Waals surface area contributed by atoms with Crippen molar-refractivity contribution >= 4 is 63.2 Å². The molecule has 0 amide bonds. The molecule has 0 N–H and O–H groups in total. The summed E-state index contributed by atoms with van der Waals surface area (Å²) >= 11 is 28.5. The molecule has 0 aromatic heterocycles. The molecule has 1 rings (SSSR count). The highest BCUT2D eigenvalue weighted by Gasteiger charge is 2.75. The Kier molecular flexibility index (Phi) is 3.42. The molecule has 1 fully saturated rings. The van der Waals surface area contributed by atoms with Gasteiger partial charge in [-0.05, 0) is 11.6 Å². The molecule has 1 aliphatic carbocycles. The van der Waals surface area contributed by atoms with Gasteiger partial charge in [-0.3, -0.25) is 4.79 Å². The lowest BCUT2D eigenvalue weighted by Gasteiger charge is -2.10. The first kappa shape index (κ1) is 12.9. The predicted molar refractivity (Wildman–Crippen MR) is 61.3 cm³/mol. The molecule has 0 radical (unpaired) electrons. The van der Waals surface area contributed by atoms with Gasteiger partial charge < -0.3 is 0 Å². The molecule has 1 saturated carbocycles. The highest BCUT2D eigenvalue weighted by atomic mass is 35.5. The number of carbonyl (C=O) groups is 1. The summed E-state index contributed by atoms with van der Waals surface area (Å²) in [6, 6.07) is 0. The second-order valence-electron chi connectivity index (χ2n) is 3.74. The standard InChI is InChI=1S/C8H7Cl5O/c1-7(2)3(6(12)14)8(7,13)4(9)5(10)11/h3H,1-2H3/t3-,8+/m1/s1. The highest BCUT2D eigenvalue weighted by molar-refractivity contribution is 6.67. The first-order chi connectivity index (χ1) is 6.17. The van der Waals surface area contributed by atoms with Crippen LogP contribution in [0.15, 0.2) is 9.52 Å². The van der Waals surface area contributed by atoms with Gasteiger partial charge in [0.2, 0.25) is 5.24 Å². The third-order valence-electron chi connectivity index (χ3n) is 2.69. The largest absolute Gasteiger partial charge is 0.281 e. The van der Waals surface area contributed by atoms with Crippen molar-refractivity contribution in [2.45, 2.75) is 18.7 Å². The second kappa shape index (κ2) is 3.71. The summed E-state index contributed by atoms with van der Waals surface area (Å²) in [6.45, 7) is 3.56. The summed E-state index contributed by atoms with van der Waals surface area (Å²) in [6.07, 6.45) is 0. The lowest BCUT2D eigenvalue weighted by atomic mass is 10.1. The van der Waals surface area contributed by atoms with E-state index in [1.54, 1.807) is 13.8 Å². The Bertz CT molecular complexity index is 318. The molecular weight excluding hydrogens is 289 g/mol. The van der Waals surface area contributed by atoms with Gasteiger partial charge in [-0.15, -0.1) is 11.6 Å². The summed E-state index contributed by atoms with van der Waals surface area (Å²) < 4.78 is -0.129. The predicted octanol–water partition coefficient (Wildman–Crippen LogP) is 4.27. The molecule has 1 aliphatic rings. The minimum absolute atomic E-state index is 0.0755. The fourth-order valence-corrected chi connectivity index (χ4v) is 3.46. The molecular formula is C8H7Cl5O. The Morgan fingerprint density at radius 1 is 1.14 bits per heavy atom. The van der Waals surface area contributed by atoms with Gasteiger partial charge >= 0.3 is 0 Å². The van der Waals surface area contributed by atoms with Crippen molar-refractivity contribution in [2.24, 2.45) is 11.3 Å². The molecule has 0 aromatic carbocycles. The molecule has 14 heavy (non-hydrogen) atoms. The molecule has 0 aromatic rings. The minimum atomic E-state index is -1.06. The van der Waals surface area contributed by atoms with Crippen LogP contribution in [-0.2, 0) is 4.79 Å². The number of halogens is 5. The van der Waals surface area contributed by atoms with Crippen molar-refractivity contribution in [2.75, 3.05) is 0 Å². The van der Waals surface area contributed by atoms with Crippen LogP contribution in [-0.4, -0.2) is 10.1 Å². The zero-order valence-corrected chi connectivity index (χ0v) is 11.2. The van der Waals surface area contributed by atoms with Crippen molar-refractivity contribution in [3.63, 3.8) is 0 Å². The topological polar surface area (TPSA) is 17.1 Å². The van der Waals surface area contributed by atoms with E-state index in [9.17, 15) is 4.79 Å². The van der Waals surface area contributed by atoms with E-state index in [2.05, 4.69) is 0 Å². The van der Waals surface area contributed by atoms with Crippen molar-refractivity contribution in [1.29, 1.82) is 0 Å². The summed E-state index contributed by atoms with van der Waals surface area (Å²) in [5.74, 6) is -0.557. The lowest BCUT2D eigenvalue weighted by molar-refractivity contribution is -0.113. The van der Waals surface area contributed by atoms with Crippen molar-refractivity contribution < 1.29 is 4.79 Å². The molecule has 6 heteroatoms. The molecule has 0 saturated heterocycles. The highest BCUT2D eigenvalue weighted by Crippen LogP contribution is 2.71. The van der Waals surface area contributed by atoms with E-state index in [0.29, 0.717) is 0 Å². The van der Waals surface area contributed by atoms with E-state index >= 15 is 0 Å². The zero-order chi connectivity index (χ0) is 11.3. The first-order valence-corrected chi connectivity index (χ1v) is 5.65. The van der Waals surface area contributed by atoms with Crippen LogP contribution in [0.5, 0.6) is 0 Å². The van der Waals surface area contributed by atoms with Crippen LogP contribution in [0.1, 0.15) is 13.8 Å².